The van der Waals surface area contributed by atoms with Gasteiger partial charge in [-0.2, -0.15) is 0 Å². The number of hydrogen-bond donors (Lipinski definition) is 2. The van der Waals surface area contributed by atoms with Crippen LogP contribution in [-0.2, 0) is 0 Å². The zero-order valence-corrected chi connectivity index (χ0v) is 12.9. The molecule has 0 aliphatic rings. The third kappa shape index (κ3) is 4.32. The van der Waals surface area contributed by atoms with E-state index in [0.717, 1.165) is 11.8 Å². The Morgan fingerprint density at radius 3 is 2.65 bits per heavy atom. The number of alkyl halides is 1. The first-order valence-electron chi connectivity index (χ1n) is 5.23. The van der Waals surface area contributed by atoms with Crippen LogP contribution in [0.3, 0.4) is 0 Å². The molecule has 1 aromatic carbocycles. The van der Waals surface area contributed by atoms with Crippen LogP contribution < -0.4 is 5.32 Å². The Morgan fingerprint density at radius 1 is 1.47 bits per heavy atom. The Kier molecular flexibility index (Phi) is 5.01. The SMILES string of the molecule is CC(C)(CCBr)NC(=O)c1ccc(Br)c(O)c1. The lowest BCUT2D eigenvalue weighted by Gasteiger charge is -2.25. The van der Waals surface area contributed by atoms with Gasteiger partial charge in [0.2, 0.25) is 0 Å². The molecule has 0 radical (unpaired) electrons. The van der Waals surface area contributed by atoms with Crippen molar-refractivity contribution in [2.45, 2.75) is 25.8 Å². The van der Waals surface area contributed by atoms with Crippen molar-refractivity contribution in [3.05, 3.63) is 28.2 Å². The summed E-state index contributed by atoms with van der Waals surface area (Å²) in [4.78, 5) is 11.9. The molecule has 0 saturated heterocycles. The van der Waals surface area contributed by atoms with E-state index >= 15 is 0 Å². The highest BCUT2D eigenvalue weighted by Gasteiger charge is 2.20. The number of phenols is 1. The van der Waals surface area contributed by atoms with Gasteiger partial charge in [0.15, 0.2) is 0 Å². The molecule has 94 valence electrons. The maximum absolute atomic E-state index is 11.9. The van der Waals surface area contributed by atoms with Gasteiger partial charge < -0.3 is 10.4 Å². The Bertz CT molecular complexity index is 419. The molecule has 2 N–H and O–H groups in total. The van der Waals surface area contributed by atoms with Crippen LogP contribution in [0, 0.1) is 0 Å². The average Bonchev–Trinajstić information content (AvgIpc) is 2.21. The standard InChI is InChI=1S/C12H15Br2NO2/c1-12(2,5-6-13)15-11(17)8-3-4-9(14)10(16)7-8/h3-4,7,16H,5-6H2,1-2H3,(H,15,17). The van der Waals surface area contributed by atoms with Crippen molar-refractivity contribution in [3.63, 3.8) is 0 Å². The van der Waals surface area contributed by atoms with Crippen LogP contribution in [0.5, 0.6) is 5.75 Å². The first-order valence-corrected chi connectivity index (χ1v) is 7.14. The fourth-order valence-corrected chi connectivity index (χ4v) is 2.57. The van der Waals surface area contributed by atoms with E-state index in [0.29, 0.717) is 10.0 Å². The maximum Gasteiger partial charge on any atom is 0.251 e. The number of nitrogens with one attached hydrogen (secondary N) is 1. The van der Waals surface area contributed by atoms with E-state index in [9.17, 15) is 9.90 Å². The monoisotopic (exact) mass is 363 g/mol. The maximum atomic E-state index is 11.9. The zero-order chi connectivity index (χ0) is 13.1. The molecule has 1 amide bonds. The minimum absolute atomic E-state index is 0.0657. The van der Waals surface area contributed by atoms with E-state index in [1.54, 1.807) is 12.1 Å². The Morgan fingerprint density at radius 2 is 2.12 bits per heavy atom. The molecule has 0 aliphatic carbocycles. The summed E-state index contributed by atoms with van der Waals surface area (Å²) in [7, 11) is 0. The fraction of sp³-hybridized carbons (Fsp3) is 0.417. The number of aromatic hydroxyl groups is 1. The molecular weight excluding hydrogens is 350 g/mol. The van der Waals surface area contributed by atoms with Crippen molar-refractivity contribution in [2.24, 2.45) is 0 Å². The molecule has 0 fully saturated rings. The summed E-state index contributed by atoms with van der Waals surface area (Å²) in [5.74, 6) is -0.116. The topological polar surface area (TPSA) is 49.3 Å². The third-order valence-electron chi connectivity index (χ3n) is 2.38. The minimum Gasteiger partial charge on any atom is -0.507 e. The quantitative estimate of drug-likeness (QED) is 0.804. The van der Waals surface area contributed by atoms with Crippen LogP contribution >= 0.6 is 31.9 Å². The Balaban J connectivity index is 2.80. The summed E-state index contributed by atoms with van der Waals surface area (Å²) in [5.41, 5.74) is 0.178. The Hall–Kier alpha value is -0.550. The predicted molar refractivity (Wildman–Crippen MR) is 75.8 cm³/mol. The molecule has 5 heteroatoms. The molecule has 1 rings (SSSR count). The Labute approximate surface area is 118 Å². The summed E-state index contributed by atoms with van der Waals surface area (Å²) in [6.07, 6.45) is 0.835. The van der Waals surface area contributed by atoms with Gasteiger partial charge in [-0.15, -0.1) is 0 Å². The van der Waals surface area contributed by atoms with Crippen molar-refractivity contribution < 1.29 is 9.90 Å². The molecule has 0 atom stereocenters. The predicted octanol–water partition coefficient (Wildman–Crippen LogP) is 3.45. The lowest BCUT2D eigenvalue weighted by atomic mass is 10.0. The van der Waals surface area contributed by atoms with Gasteiger partial charge in [0.25, 0.3) is 5.91 Å². The zero-order valence-electron chi connectivity index (χ0n) is 9.76. The molecule has 0 unspecified atom stereocenters. The van der Waals surface area contributed by atoms with Crippen molar-refractivity contribution in [3.8, 4) is 5.75 Å². The van der Waals surface area contributed by atoms with Crippen LogP contribution in [0.25, 0.3) is 0 Å². The van der Waals surface area contributed by atoms with Gasteiger partial charge in [0.05, 0.1) is 4.47 Å². The molecule has 17 heavy (non-hydrogen) atoms. The first-order chi connectivity index (χ1) is 7.85. The van der Waals surface area contributed by atoms with Gasteiger partial charge in [-0.05, 0) is 54.4 Å². The summed E-state index contributed by atoms with van der Waals surface area (Å²) < 4.78 is 0.578. The lowest BCUT2D eigenvalue weighted by Crippen LogP contribution is -2.43. The normalized spacial score (nSPS) is 11.3. The molecule has 0 bridgehead atoms. The third-order valence-corrected chi connectivity index (χ3v) is 3.45. The molecule has 0 aliphatic heterocycles. The van der Waals surface area contributed by atoms with Crippen molar-refractivity contribution in [1.82, 2.24) is 5.32 Å². The molecule has 0 heterocycles. The van der Waals surface area contributed by atoms with Gasteiger partial charge in [0.1, 0.15) is 5.75 Å². The summed E-state index contributed by atoms with van der Waals surface area (Å²) in [5, 5.41) is 13.3. The van der Waals surface area contributed by atoms with Crippen LogP contribution in [0.4, 0.5) is 0 Å². The van der Waals surface area contributed by atoms with Crippen LogP contribution in [0.1, 0.15) is 30.6 Å². The highest BCUT2D eigenvalue weighted by atomic mass is 79.9. The number of hydrogen-bond acceptors (Lipinski definition) is 2. The second-order valence-electron chi connectivity index (χ2n) is 4.44. The van der Waals surface area contributed by atoms with Crippen molar-refractivity contribution in [1.29, 1.82) is 0 Å². The van der Waals surface area contributed by atoms with E-state index in [1.165, 1.54) is 6.07 Å². The average molecular weight is 365 g/mol. The highest BCUT2D eigenvalue weighted by Crippen LogP contribution is 2.24. The number of carbonyl (C=O) groups is 1. The van der Waals surface area contributed by atoms with Crippen LogP contribution in [0.2, 0.25) is 0 Å². The number of carbonyl (C=O) groups excluding carboxylic acids is 1. The van der Waals surface area contributed by atoms with Gasteiger partial charge in [-0.3, -0.25) is 4.79 Å². The molecule has 0 aromatic heterocycles. The van der Waals surface area contributed by atoms with Gasteiger partial charge in [-0.25, -0.2) is 0 Å². The van der Waals surface area contributed by atoms with Gasteiger partial charge in [0, 0.05) is 16.4 Å². The number of halogens is 2. The molecule has 0 saturated carbocycles. The second-order valence-corrected chi connectivity index (χ2v) is 6.09. The number of benzene rings is 1. The summed E-state index contributed by atoms with van der Waals surface area (Å²) in [6, 6.07) is 4.77. The van der Waals surface area contributed by atoms with Crippen molar-refractivity contribution in [2.75, 3.05) is 5.33 Å². The van der Waals surface area contributed by atoms with E-state index < -0.39 is 0 Å². The summed E-state index contributed by atoms with van der Waals surface area (Å²) in [6.45, 7) is 3.93. The van der Waals surface area contributed by atoms with Crippen LogP contribution in [0.15, 0.2) is 22.7 Å². The van der Waals surface area contributed by atoms with Crippen molar-refractivity contribution >= 4 is 37.8 Å². The second kappa shape index (κ2) is 5.87. The number of phenolic OH excluding ortho intramolecular Hbond substituents is 1. The first kappa shape index (κ1) is 14.5. The fourth-order valence-electron chi connectivity index (χ4n) is 1.33. The number of rotatable bonds is 4. The van der Waals surface area contributed by atoms with Crippen LogP contribution in [-0.4, -0.2) is 21.9 Å². The summed E-state index contributed by atoms with van der Waals surface area (Å²) >= 11 is 6.53. The lowest BCUT2D eigenvalue weighted by molar-refractivity contribution is 0.0911. The highest BCUT2D eigenvalue weighted by molar-refractivity contribution is 9.10. The molecule has 0 spiro atoms. The van der Waals surface area contributed by atoms with Gasteiger partial charge in [-0.1, -0.05) is 15.9 Å². The van der Waals surface area contributed by atoms with E-state index in [4.69, 9.17) is 0 Å². The smallest absolute Gasteiger partial charge is 0.251 e. The largest absolute Gasteiger partial charge is 0.507 e. The minimum atomic E-state index is -0.275. The molecular formula is C12H15Br2NO2. The van der Waals surface area contributed by atoms with Gasteiger partial charge >= 0.3 is 0 Å². The van der Waals surface area contributed by atoms with E-state index in [-0.39, 0.29) is 17.2 Å². The van der Waals surface area contributed by atoms with E-state index in [1.807, 2.05) is 13.8 Å². The van der Waals surface area contributed by atoms with E-state index in [2.05, 4.69) is 37.2 Å². The molecule has 1 aromatic rings. The number of amides is 1. The molecule has 3 nitrogen and oxygen atoms in total.